The number of hydrogen-bond acceptors (Lipinski definition) is 3. The molecule has 1 heterocycles. The Morgan fingerprint density at radius 1 is 1.41 bits per heavy atom. The van der Waals surface area contributed by atoms with Gasteiger partial charge in [0, 0.05) is 19.7 Å². The van der Waals surface area contributed by atoms with Crippen LogP contribution in [0.3, 0.4) is 0 Å². The number of fused-ring (bicyclic) bond motifs is 1. The van der Waals surface area contributed by atoms with Gasteiger partial charge in [-0.3, -0.25) is 4.79 Å². The van der Waals surface area contributed by atoms with E-state index in [0.29, 0.717) is 18.4 Å². The second-order valence-corrected chi connectivity index (χ2v) is 6.59. The largest absolute Gasteiger partial charge is 0.396 e. The molecule has 2 unspecified atom stereocenters. The highest BCUT2D eigenvalue weighted by Crippen LogP contribution is 2.23. The van der Waals surface area contributed by atoms with Gasteiger partial charge in [0.15, 0.2) is 0 Å². The Bertz CT molecular complexity index is 488. The van der Waals surface area contributed by atoms with Crippen LogP contribution in [-0.2, 0) is 11.2 Å². The Morgan fingerprint density at radius 2 is 2.18 bits per heavy atom. The molecule has 0 spiro atoms. The molecule has 1 aliphatic heterocycles. The molecule has 4 nitrogen and oxygen atoms in total. The lowest BCUT2D eigenvalue weighted by Gasteiger charge is -2.27. The topological polar surface area (TPSA) is 61.4 Å². The zero-order valence-corrected chi connectivity index (χ0v) is 13.6. The quantitative estimate of drug-likeness (QED) is 0.722. The molecule has 0 radical (unpaired) electrons. The summed E-state index contributed by atoms with van der Waals surface area (Å²) in [5.74, 6) is 0.952. The second-order valence-electron chi connectivity index (χ2n) is 6.59. The molecule has 1 aliphatic rings. The molecule has 0 aromatic heterocycles. The predicted octanol–water partition coefficient (Wildman–Crippen LogP) is 2.03. The van der Waals surface area contributed by atoms with Crippen molar-refractivity contribution in [1.29, 1.82) is 0 Å². The van der Waals surface area contributed by atoms with Crippen molar-refractivity contribution >= 4 is 5.91 Å². The lowest BCUT2D eigenvalue weighted by atomic mass is 9.92. The van der Waals surface area contributed by atoms with E-state index in [9.17, 15) is 4.79 Å². The third-order valence-corrected chi connectivity index (χ3v) is 4.28. The normalized spacial score (nSPS) is 18.8. The van der Waals surface area contributed by atoms with Crippen LogP contribution < -0.4 is 10.6 Å². The number of rotatable bonds is 7. The van der Waals surface area contributed by atoms with Gasteiger partial charge in [0.2, 0.25) is 5.91 Å². The molecular formula is C18H28N2O2. The van der Waals surface area contributed by atoms with Crippen LogP contribution in [0.2, 0.25) is 0 Å². The summed E-state index contributed by atoms with van der Waals surface area (Å²) in [4.78, 5) is 12.5. The van der Waals surface area contributed by atoms with Crippen molar-refractivity contribution in [2.45, 2.75) is 39.2 Å². The fourth-order valence-electron chi connectivity index (χ4n) is 3.24. The van der Waals surface area contributed by atoms with Gasteiger partial charge >= 0.3 is 0 Å². The number of benzene rings is 1. The summed E-state index contributed by atoms with van der Waals surface area (Å²) in [6, 6.07) is 7.90. The number of carbonyl (C=O) groups excluding carboxylic acids is 1. The minimum Gasteiger partial charge on any atom is -0.396 e. The molecule has 2 atom stereocenters. The zero-order valence-electron chi connectivity index (χ0n) is 13.6. The lowest BCUT2D eigenvalue weighted by molar-refractivity contribution is -0.123. The molecule has 1 aromatic carbocycles. The molecule has 122 valence electrons. The summed E-state index contributed by atoms with van der Waals surface area (Å²) in [5.41, 5.74) is 2.35. The minimum atomic E-state index is -0.251. The molecular weight excluding hydrogens is 276 g/mol. The molecule has 3 N–H and O–H groups in total. The van der Waals surface area contributed by atoms with Crippen molar-refractivity contribution in [2.75, 3.05) is 19.7 Å². The van der Waals surface area contributed by atoms with E-state index in [1.807, 2.05) is 18.2 Å². The van der Waals surface area contributed by atoms with Gasteiger partial charge in [0.05, 0.1) is 0 Å². The van der Waals surface area contributed by atoms with Crippen LogP contribution >= 0.6 is 0 Å². The van der Waals surface area contributed by atoms with Crippen LogP contribution in [0.25, 0.3) is 0 Å². The molecule has 0 aliphatic carbocycles. The summed E-state index contributed by atoms with van der Waals surface area (Å²) in [6.45, 7) is 5.99. The summed E-state index contributed by atoms with van der Waals surface area (Å²) in [7, 11) is 0. The summed E-state index contributed by atoms with van der Waals surface area (Å²) in [6.07, 6.45) is 2.74. The molecule has 0 saturated carbocycles. The van der Waals surface area contributed by atoms with Gasteiger partial charge in [-0.1, -0.05) is 38.1 Å². The van der Waals surface area contributed by atoms with Gasteiger partial charge in [0.1, 0.15) is 6.04 Å². The van der Waals surface area contributed by atoms with E-state index in [2.05, 4.69) is 30.5 Å². The van der Waals surface area contributed by atoms with Crippen LogP contribution in [0, 0.1) is 11.8 Å². The minimum absolute atomic E-state index is 0.0406. The monoisotopic (exact) mass is 304 g/mol. The van der Waals surface area contributed by atoms with E-state index in [0.717, 1.165) is 31.4 Å². The molecule has 0 bridgehead atoms. The van der Waals surface area contributed by atoms with E-state index in [4.69, 9.17) is 5.11 Å². The highest BCUT2D eigenvalue weighted by molar-refractivity contribution is 5.83. The Morgan fingerprint density at radius 3 is 2.91 bits per heavy atom. The molecule has 4 heteroatoms. The van der Waals surface area contributed by atoms with Crippen LogP contribution in [0.15, 0.2) is 24.3 Å². The summed E-state index contributed by atoms with van der Waals surface area (Å²) < 4.78 is 0. The first-order valence-electron chi connectivity index (χ1n) is 8.31. The first-order chi connectivity index (χ1) is 10.6. The highest BCUT2D eigenvalue weighted by Gasteiger charge is 2.26. The SMILES string of the molecule is CC(C)CC(CCO)CNC(=O)C1NCCc2ccccc21. The van der Waals surface area contributed by atoms with Crippen molar-refractivity contribution in [3.8, 4) is 0 Å². The van der Waals surface area contributed by atoms with Crippen molar-refractivity contribution in [3.05, 3.63) is 35.4 Å². The Hall–Kier alpha value is -1.39. The van der Waals surface area contributed by atoms with Crippen molar-refractivity contribution in [2.24, 2.45) is 11.8 Å². The summed E-state index contributed by atoms with van der Waals surface area (Å²) >= 11 is 0. The number of aliphatic hydroxyl groups is 1. The Balaban J connectivity index is 1.95. The van der Waals surface area contributed by atoms with E-state index in [-0.39, 0.29) is 18.6 Å². The van der Waals surface area contributed by atoms with E-state index in [1.165, 1.54) is 5.56 Å². The smallest absolute Gasteiger partial charge is 0.241 e. The zero-order chi connectivity index (χ0) is 15.9. The van der Waals surface area contributed by atoms with Gasteiger partial charge in [-0.05, 0) is 42.2 Å². The predicted molar refractivity (Wildman–Crippen MR) is 88.5 cm³/mol. The fraction of sp³-hybridized carbons (Fsp3) is 0.611. The van der Waals surface area contributed by atoms with Crippen LogP contribution in [-0.4, -0.2) is 30.7 Å². The van der Waals surface area contributed by atoms with Crippen molar-refractivity contribution in [3.63, 3.8) is 0 Å². The highest BCUT2D eigenvalue weighted by atomic mass is 16.3. The van der Waals surface area contributed by atoms with Crippen LogP contribution in [0.5, 0.6) is 0 Å². The third kappa shape index (κ3) is 4.55. The van der Waals surface area contributed by atoms with Crippen LogP contribution in [0.4, 0.5) is 0 Å². The number of hydrogen-bond donors (Lipinski definition) is 3. The van der Waals surface area contributed by atoms with Gasteiger partial charge in [-0.2, -0.15) is 0 Å². The average molecular weight is 304 g/mol. The number of aliphatic hydroxyl groups excluding tert-OH is 1. The third-order valence-electron chi connectivity index (χ3n) is 4.28. The Kier molecular flexibility index (Phi) is 6.40. The molecule has 1 aromatic rings. The first kappa shape index (κ1) is 17.0. The molecule has 0 fully saturated rings. The van der Waals surface area contributed by atoms with Gasteiger partial charge in [-0.25, -0.2) is 0 Å². The number of amides is 1. The maximum absolute atomic E-state index is 12.5. The standard InChI is InChI=1S/C18H28N2O2/c1-13(2)11-14(8-10-21)12-20-18(22)17-16-6-4-3-5-15(16)7-9-19-17/h3-6,13-14,17,19,21H,7-12H2,1-2H3,(H,20,22). The second kappa shape index (κ2) is 8.30. The first-order valence-corrected chi connectivity index (χ1v) is 8.31. The Labute approximate surface area is 133 Å². The van der Waals surface area contributed by atoms with E-state index in [1.54, 1.807) is 0 Å². The lowest BCUT2D eigenvalue weighted by Crippen LogP contribution is -2.43. The van der Waals surface area contributed by atoms with Crippen molar-refractivity contribution < 1.29 is 9.90 Å². The number of carbonyl (C=O) groups is 1. The average Bonchev–Trinajstić information content (AvgIpc) is 2.51. The maximum atomic E-state index is 12.5. The van der Waals surface area contributed by atoms with Crippen molar-refractivity contribution in [1.82, 2.24) is 10.6 Å². The van der Waals surface area contributed by atoms with Gasteiger partial charge < -0.3 is 15.7 Å². The maximum Gasteiger partial charge on any atom is 0.241 e. The van der Waals surface area contributed by atoms with Gasteiger partial charge in [-0.15, -0.1) is 0 Å². The fourth-order valence-corrected chi connectivity index (χ4v) is 3.24. The van der Waals surface area contributed by atoms with Crippen LogP contribution in [0.1, 0.15) is 43.9 Å². The summed E-state index contributed by atoms with van der Waals surface area (Å²) in [5, 5.41) is 15.5. The van der Waals surface area contributed by atoms with E-state index < -0.39 is 0 Å². The molecule has 2 rings (SSSR count). The number of nitrogens with one attached hydrogen (secondary N) is 2. The van der Waals surface area contributed by atoms with E-state index >= 15 is 0 Å². The van der Waals surface area contributed by atoms with Gasteiger partial charge in [0.25, 0.3) is 0 Å². The molecule has 22 heavy (non-hydrogen) atoms. The molecule has 1 amide bonds. The molecule has 0 saturated heterocycles.